The average molecular weight is 253 g/mol. The Morgan fingerprint density at radius 2 is 1.67 bits per heavy atom. The van der Waals surface area contributed by atoms with Gasteiger partial charge in [-0.25, -0.2) is 0 Å². The summed E-state index contributed by atoms with van der Waals surface area (Å²) in [4.78, 5) is 2.87. The number of nitrogens with zero attached hydrogens (tertiary/aromatic N) is 1. The first-order valence-corrected chi connectivity index (χ1v) is 3.22. The molecule has 0 fully saturated rings. The van der Waals surface area contributed by atoms with Crippen LogP contribution in [0.25, 0.3) is 0 Å². The van der Waals surface area contributed by atoms with E-state index in [9.17, 15) is 21.8 Å². The molecule has 0 aliphatic heterocycles. The molecule has 0 N–H and O–H groups in total. The number of hydrogen-bond donors (Lipinski definition) is 0. The van der Waals surface area contributed by atoms with Gasteiger partial charge in [-0.1, -0.05) is 6.07 Å². The number of hydrogen-bond acceptors (Lipinski definition) is 1. The minimum absolute atomic E-state index is 0. The number of pyridine rings is 1. The summed E-state index contributed by atoms with van der Waals surface area (Å²) in [7, 11) is -2.80. The van der Waals surface area contributed by atoms with Crippen LogP contribution in [0.5, 0.6) is 0 Å². The topological polar surface area (TPSA) is 12.9 Å². The summed E-state index contributed by atoms with van der Waals surface area (Å²) in [6, 6.07) is 1.24. The van der Waals surface area contributed by atoms with E-state index in [0.717, 1.165) is 0 Å². The number of alkyl halides is 3. The Morgan fingerprint density at radius 3 is 1.93 bits per heavy atom. The molecule has 0 amide bonds. The van der Waals surface area contributed by atoms with E-state index in [1.54, 1.807) is 0 Å². The molecule has 0 aliphatic carbocycles. The van der Waals surface area contributed by atoms with E-state index in [1.165, 1.54) is 0 Å². The Morgan fingerprint density at radius 1 is 1.13 bits per heavy atom. The fourth-order valence-corrected chi connectivity index (χ4v) is 0.702. The second-order valence-corrected chi connectivity index (χ2v) is 2.28. The summed E-state index contributed by atoms with van der Waals surface area (Å²) in [5.74, 6) is 0. The van der Waals surface area contributed by atoms with Crippen LogP contribution in [0.4, 0.5) is 21.8 Å². The molecule has 1 rings (SSSR count). The van der Waals surface area contributed by atoms with Crippen molar-refractivity contribution in [3.8, 4) is 0 Å². The molecule has 1 aromatic rings. The maximum Gasteiger partial charge on any atom is 1.00 e. The minimum atomic E-state index is -4.58. The van der Waals surface area contributed by atoms with Crippen molar-refractivity contribution >= 4 is 12.7 Å². The maximum absolute atomic E-state index is 11.9. The van der Waals surface area contributed by atoms with Crippen molar-refractivity contribution in [2.24, 2.45) is 0 Å². The summed E-state index contributed by atoms with van der Waals surface area (Å²) < 4.78 is 59.4. The van der Waals surface area contributed by atoms with Crippen molar-refractivity contribution in [1.29, 1.82) is 0 Å². The van der Waals surface area contributed by atoms with Crippen LogP contribution in [0, 0.1) is 0 Å². The number of aromatic nitrogens is 1. The smallest absolute Gasteiger partial charge is 1.00 e. The normalized spacial score (nSPS) is 9.93. The summed E-state index contributed by atoms with van der Waals surface area (Å²) in [5, 5.41) is 0. The molecule has 78 valence electrons. The predicted octanol–water partition coefficient (Wildman–Crippen LogP) is -4.26. The molecule has 1 heterocycles. The Balaban J connectivity index is 0. The molecular weight excluding hydrogens is 250 g/mol. The van der Waals surface area contributed by atoms with Crippen molar-refractivity contribution in [2.45, 2.75) is 6.18 Å². The average Bonchev–Trinajstić information content (AvgIpc) is 2.03. The molecule has 15 heavy (non-hydrogen) atoms. The van der Waals surface area contributed by atoms with Gasteiger partial charge in [0.1, 0.15) is 5.69 Å². The zero-order valence-electron chi connectivity index (χ0n) is 7.52. The van der Waals surface area contributed by atoms with Gasteiger partial charge in [-0.2, -0.15) is 13.2 Å². The van der Waals surface area contributed by atoms with Crippen molar-refractivity contribution in [3.63, 3.8) is 0 Å². The minimum Gasteiger partial charge on any atom is -1.00 e. The summed E-state index contributed by atoms with van der Waals surface area (Å²) >= 11 is 0. The molecular formula is C6H3BF6KN. The molecule has 0 saturated heterocycles. The third kappa shape index (κ3) is 5.34. The van der Waals surface area contributed by atoms with Gasteiger partial charge in [0.05, 0.1) is 0 Å². The molecule has 0 aliphatic rings. The van der Waals surface area contributed by atoms with E-state index in [2.05, 4.69) is 4.98 Å². The van der Waals surface area contributed by atoms with Gasteiger partial charge in [0.15, 0.2) is 0 Å². The second kappa shape index (κ2) is 6.90. The third-order valence-corrected chi connectivity index (χ3v) is 1.33. The zero-order chi connectivity index (χ0) is 10.1. The molecule has 9 heteroatoms. The first-order chi connectivity index (χ1) is 5.91. The zero-order valence-corrected chi connectivity index (χ0v) is 10.6. The van der Waals surface area contributed by atoms with E-state index >= 15 is 0 Å². The standard InChI is InChI=1S/C6H3BF5N.FH.K/c8-6(9,10)5-2-1-4(3-13-5)7(11)12;;/h1-3H;1H;/q;;+1/p-1. The van der Waals surface area contributed by atoms with Gasteiger partial charge in [0.2, 0.25) is 0 Å². The van der Waals surface area contributed by atoms with Crippen LogP contribution in [-0.2, 0) is 6.18 Å². The molecule has 0 radical (unpaired) electrons. The van der Waals surface area contributed by atoms with E-state index < -0.39 is 24.6 Å². The van der Waals surface area contributed by atoms with Crippen LogP contribution in [0.15, 0.2) is 18.3 Å². The van der Waals surface area contributed by atoms with E-state index in [-0.39, 0.29) is 56.1 Å². The van der Waals surface area contributed by atoms with Gasteiger partial charge in [-0.15, -0.1) is 0 Å². The molecule has 1 nitrogen and oxygen atoms in total. The van der Waals surface area contributed by atoms with Crippen LogP contribution < -0.4 is 61.6 Å². The number of halogens is 6. The molecule has 0 spiro atoms. The maximum atomic E-state index is 11.9. The Bertz CT molecular complexity index is 287. The fraction of sp³-hybridized carbons (Fsp3) is 0.167. The Labute approximate surface area is 124 Å². The van der Waals surface area contributed by atoms with Crippen LogP contribution in [0.2, 0.25) is 0 Å². The Kier molecular flexibility index (Phi) is 8.19. The SMILES string of the molecule is FB(F)c1ccc(C(F)(F)F)nc1.[F-].[K+]. The molecule has 0 saturated carbocycles. The van der Waals surface area contributed by atoms with Crippen LogP contribution in [0.1, 0.15) is 5.69 Å². The molecule has 1 aromatic heterocycles. The van der Waals surface area contributed by atoms with Crippen LogP contribution in [-0.4, -0.2) is 12.3 Å². The van der Waals surface area contributed by atoms with E-state index in [4.69, 9.17) is 0 Å². The van der Waals surface area contributed by atoms with Crippen molar-refractivity contribution in [1.82, 2.24) is 4.98 Å². The first-order valence-electron chi connectivity index (χ1n) is 3.22. The van der Waals surface area contributed by atoms with Crippen LogP contribution >= 0.6 is 0 Å². The second-order valence-electron chi connectivity index (χ2n) is 2.28. The summed E-state index contributed by atoms with van der Waals surface area (Å²) in [6.07, 6.45) is -4.06. The van der Waals surface area contributed by atoms with Crippen molar-refractivity contribution < 1.29 is 77.9 Å². The Hall–Kier alpha value is 0.431. The predicted molar refractivity (Wildman–Crippen MR) is 36.8 cm³/mol. The van der Waals surface area contributed by atoms with Gasteiger partial charge >= 0.3 is 64.8 Å². The fourth-order valence-electron chi connectivity index (χ4n) is 0.702. The molecule has 0 aromatic carbocycles. The molecule has 0 unspecified atom stereocenters. The summed E-state index contributed by atoms with van der Waals surface area (Å²) in [5.41, 5.74) is -1.69. The van der Waals surface area contributed by atoms with E-state index in [0.29, 0.717) is 18.3 Å². The van der Waals surface area contributed by atoms with Gasteiger partial charge in [0.25, 0.3) is 0 Å². The molecule has 0 atom stereocenters. The largest absolute Gasteiger partial charge is 1.00 e. The van der Waals surface area contributed by atoms with Gasteiger partial charge in [-0.05, 0) is 6.07 Å². The quantitative estimate of drug-likeness (QED) is 0.365. The molecule has 0 bridgehead atoms. The van der Waals surface area contributed by atoms with Crippen molar-refractivity contribution in [2.75, 3.05) is 0 Å². The van der Waals surface area contributed by atoms with Gasteiger partial charge in [0, 0.05) is 11.7 Å². The third-order valence-electron chi connectivity index (χ3n) is 1.33. The van der Waals surface area contributed by atoms with Crippen LogP contribution in [0.3, 0.4) is 0 Å². The monoisotopic (exact) mass is 253 g/mol. The van der Waals surface area contributed by atoms with Gasteiger partial charge < -0.3 is 4.70 Å². The number of rotatable bonds is 1. The van der Waals surface area contributed by atoms with Crippen molar-refractivity contribution in [3.05, 3.63) is 24.0 Å². The van der Waals surface area contributed by atoms with Gasteiger partial charge in [-0.3, -0.25) is 13.6 Å². The summed E-state index contributed by atoms with van der Waals surface area (Å²) in [6.45, 7) is 0. The first kappa shape index (κ1) is 17.8. The van der Waals surface area contributed by atoms with E-state index in [1.807, 2.05) is 0 Å².